The Balaban J connectivity index is 3.08. The molecular weight excluding hydrogens is 226 g/mol. The van der Waals surface area contributed by atoms with Gasteiger partial charge in [-0.2, -0.15) is 0 Å². The van der Waals surface area contributed by atoms with Gasteiger partial charge in [-0.25, -0.2) is 0 Å². The number of nitrogens with one attached hydrogen (secondary N) is 1. The SMILES string of the molecule is CCCCCCCCCCCC(=O)OCNCC. The molecule has 0 heterocycles. The van der Waals surface area contributed by atoms with Gasteiger partial charge < -0.3 is 4.74 Å². The molecule has 0 rings (SSSR count). The lowest BCUT2D eigenvalue weighted by molar-refractivity contribution is -0.144. The van der Waals surface area contributed by atoms with Crippen LogP contribution in [0.2, 0.25) is 0 Å². The van der Waals surface area contributed by atoms with Crippen molar-refractivity contribution in [3.05, 3.63) is 0 Å². The number of hydrogen-bond acceptors (Lipinski definition) is 3. The van der Waals surface area contributed by atoms with Crippen molar-refractivity contribution in [2.75, 3.05) is 13.3 Å². The van der Waals surface area contributed by atoms with E-state index in [1.54, 1.807) is 0 Å². The number of carbonyl (C=O) groups excluding carboxylic acids is 1. The molecule has 0 spiro atoms. The van der Waals surface area contributed by atoms with Gasteiger partial charge in [-0.05, 0) is 13.0 Å². The van der Waals surface area contributed by atoms with Crippen molar-refractivity contribution in [2.45, 2.75) is 78.1 Å². The minimum atomic E-state index is -0.0705. The summed E-state index contributed by atoms with van der Waals surface area (Å²) in [5.41, 5.74) is 0. The monoisotopic (exact) mass is 257 g/mol. The van der Waals surface area contributed by atoms with Gasteiger partial charge in [0.15, 0.2) is 0 Å². The van der Waals surface area contributed by atoms with Crippen LogP contribution in [0.25, 0.3) is 0 Å². The summed E-state index contributed by atoms with van der Waals surface area (Å²) < 4.78 is 5.00. The van der Waals surface area contributed by atoms with E-state index in [0.717, 1.165) is 19.4 Å². The van der Waals surface area contributed by atoms with Crippen LogP contribution in [0.15, 0.2) is 0 Å². The predicted molar refractivity (Wildman–Crippen MR) is 76.5 cm³/mol. The molecule has 0 aromatic heterocycles. The summed E-state index contributed by atoms with van der Waals surface area (Å²) in [6, 6.07) is 0. The van der Waals surface area contributed by atoms with Gasteiger partial charge >= 0.3 is 5.97 Å². The second-order valence-electron chi connectivity index (χ2n) is 4.84. The van der Waals surface area contributed by atoms with Crippen LogP contribution in [-0.2, 0) is 9.53 Å². The van der Waals surface area contributed by atoms with Crippen molar-refractivity contribution < 1.29 is 9.53 Å². The van der Waals surface area contributed by atoms with Gasteiger partial charge in [0.1, 0.15) is 6.73 Å². The highest BCUT2D eigenvalue weighted by atomic mass is 16.5. The van der Waals surface area contributed by atoms with Crippen LogP contribution >= 0.6 is 0 Å². The molecule has 0 aliphatic rings. The number of carbonyl (C=O) groups is 1. The molecule has 0 amide bonds. The van der Waals surface area contributed by atoms with Crippen molar-refractivity contribution in [3.63, 3.8) is 0 Å². The zero-order valence-corrected chi connectivity index (χ0v) is 12.3. The maximum absolute atomic E-state index is 11.3. The Morgan fingerprint density at radius 2 is 1.44 bits per heavy atom. The summed E-state index contributed by atoms with van der Waals surface area (Å²) in [7, 11) is 0. The van der Waals surface area contributed by atoms with Gasteiger partial charge in [0.05, 0.1) is 0 Å². The highest BCUT2D eigenvalue weighted by Gasteiger charge is 2.01. The first-order valence-corrected chi connectivity index (χ1v) is 7.67. The quantitative estimate of drug-likeness (QED) is 0.308. The Labute approximate surface area is 113 Å². The molecule has 0 aromatic rings. The first kappa shape index (κ1) is 17.4. The van der Waals surface area contributed by atoms with Crippen LogP contribution < -0.4 is 5.32 Å². The third-order valence-electron chi connectivity index (χ3n) is 3.07. The molecule has 18 heavy (non-hydrogen) atoms. The lowest BCUT2D eigenvalue weighted by atomic mass is 10.1. The Bertz CT molecular complexity index is 183. The Hall–Kier alpha value is -0.570. The summed E-state index contributed by atoms with van der Waals surface area (Å²) in [5, 5.41) is 2.97. The van der Waals surface area contributed by atoms with E-state index in [1.807, 2.05) is 6.92 Å². The van der Waals surface area contributed by atoms with Gasteiger partial charge in [0, 0.05) is 6.42 Å². The zero-order valence-electron chi connectivity index (χ0n) is 12.3. The number of rotatable bonds is 13. The summed E-state index contributed by atoms with van der Waals surface area (Å²) in [4.78, 5) is 11.3. The van der Waals surface area contributed by atoms with Crippen LogP contribution in [0.3, 0.4) is 0 Å². The molecule has 0 atom stereocenters. The largest absolute Gasteiger partial charge is 0.450 e. The van der Waals surface area contributed by atoms with Gasteiger partial charge in [-0.3, -0.25) is 10.1 Å². The molecule has 0 unspecified atom stereocenters. The topological polar surface area (TPSA) is 38.3 Å². The highest BCUT2D eigenvalue weighted by Crippen LogP contribution is 2.10. The first-order chi connectivity index (χ1) is 8.81. The standard InChI is InChI=1S/C15H31NO2/c1-3-5-6-7-8-9-10-11-12-13-15(17)18-14-16-4-2/h16H,3-14H2,1-2H3. The molecule has 0 aliphatic heterocycles. The molecule has 1 N–H and O–H groups in total. The van der Waals surface area contributed by atoms with Gasteiger partial charge in [-0.15, -0.1) is 0 Å². The van der Waals surface area contributed by atoms with E-state index in [9.17, 15) is 4.79 Å². The molecule has 0 radical (unpaired) electrons. The summed E-state index contributed by atoms with van der Waals surface area (Å²) in [5.74, 6) is -0.0705. The summed E-state index contributed by atoms with van der Waals surface area (Å²) >= 11 is 0. The molecular formula is C15H31NO2. The van der Waals surface area contributed by atoms with Crippen molar-refractivity contribution >= 4 is 5.97 Å². The lowest BCUT2D eigenvalue weighted by Crippen LogP contribution is -2.20. The normalized spacial score (nSPS) is 10.6. The van der Waals surface area contributed by atoms with Crippen molar-refractivity contribution in [2.24, 2.45) is 0 Å². The molecule has 0 aliphatic carbocycles. The number of esters is 1. The van der Waals surface area contributed by atoms with E-state index in [0.29, 0.717) is 13.2 Å². The van der Waals surface area contributed by atoms with Crippen molar-refractivity contribution in [1.29, 1.82) is 0 Å². The van der Waals surface area contributed by atoms with Gasteiger partial charge in [0.25, 0.3) is 0 Å². The fourth-order valence-electron chi connectivity index (χ4n) is 1.89. The molecule has 108 valence electrons. The second-order valence-corrected chi connectivity index (χ2v) is 4.84. The molecule has 0 saturated carbocycles. The second kappa shape index (κ2) is 14.5. The third kappa shape index (κ3) is 13.5. The number of hydrogen-bond donors (Lipinski definition) is 1. The fraction of sp³-hybridized carbons (Fsp3) is 0.933. The minimum absolute atomic E-state index is 0.0705. The fourth-order valence-corrected chi connectivity index (χ4v) is 1.89. The molecule has 3 heteroatoms. The van der Waals surface area contributed by atoms with E-state index in [2.05, 4.69) is 12.2 Å². The maximum Gasteiger partial charge on any atom is 0.307 e. The smallest absolute Gasteiger partial charge is 0.307 e. The number of ether oxygens (including phenoxy) is 1. The molecule has 0 aromatic carbocycles. The average molecular weight is 257 g/mol. The average Bonchev–Trinajstić information content (AvgIpc) is 2.37. The first-order valence-electron chi connectivity index (χ1n) is 7.67. The molecule has 3 nitrogen and oxygen atoms in total. The maximum atomic E-state index is 11.3. The van der Waals surface area contributed by atoms with E-state index in [1.165, 1.54) is 44.9 Å². The van der Waals surface area contributed by atoms with Gasteiger partial charge in [-0.1, -0.05) is 65.2 Å². The van der Waals surface area contributed by atoms with Crippen LogP contribution in [0, 0.1) is 0 Å². The third-order valence-corrected chi connectivity index (χ3v) is 3.07. The molecule has 0 bridgehead atoms. The molecule has 0 fully saturated rings. The van der Waals surface area contributed by atoms with E-state index >= 15 is 0 Å². The molecule has 0 saturated heterocycles. The van der Waals surface area contributed by atoms with Gasteiger partial charge in [0.2, 0.25) is 0 Å². The van der Waals surface area contributed by atoms with Crippen LogP contribution in [0.4, 0.5) is 0 Å². The summed E-state index contributed by atoms with van der Waals surface area (Å²) in [6.45, 7) is 5.43. The minimum Gasteiger partial charge on any atom is -0.450 e. The Kier molecular flexibility index (Phi) is 14.0. The van der Waals surface area contributed by atoms with Crippen LogP contribution in [-0.4, -0.2) is 19.2 Å². The zero-order chi connectivity index (χ0) is 13.5. The van der Waals surface area contributed by atoms with E-state index in [4.69, 9.17) is 4.74 Å². The van der Waals surface area contributed by atoms with Crippen molar-refractivity contribution in [3.8, 4) is 0 Å². The lowest BCUT2D eigenvalue weighted by Gasteiger charge is -2.05. The predicted octanol–water partition coefficient (Wildman–Crippen LogP) is 4.02. The van der Waals surface area contributed by atoms with E-state index < -0.39 is 0 Å². The van der Waals surface area contributed by atoms with Crippen LogP contribution in [0.5, 0.6) is 0 Å². The Morgan fingerprint density at radius 1 is 0.889 bits per heavy atom. The van der Waals surface area contributed by atoms with E-state index in [-0.39, 0.29) is 5.97 Å². The van der Waals surface area contributed by atoms with Crippen molar-refractivity contribution in [1.82, 2.24) is 5.32 Å². The summed E-state index contributed by atoms with van der Waals surface area (Å²) in [6.07, 6.45) is 12.1. The van der Waals surface area contributed by atoms with Crippen LogP contribution in [0.1, 0.15) is 78.1 Å². The Morgan fingerprint density at radius 3 is 2.00 bits per heavy atom. The number of unbranched alkanes of at least 4 members (excludes halogenated alkanes) is 8. The highest BCUT2D eigenvalue weighted by molar-refractivity contribution is 5.69.